The highest BCUT2D eigenvalue weighted by Crippen LogP contribution is 2.16. The molecule has 0 aliphatic carbocycles. The molecule has 0 amide bonds. The van der Waals surface area contributed by atoms with Crippen LogP contribution in [0.25, 0.3) is 0 Å². The molecule has 1 aromatic rings. The van der Waals surface area contributed by atoms with Gasteiger partial charge in [-0.25, -0.2) is 0 Å². The molecule has 1 rings (SSSR count). The minimum atomic E-state index is -0.406. The predicted molar refractivity (Wildman–Crippen MR) is 71.2 cm³/mol. The summed E-state index contributed by atoms with van der Waals surface area (Å²) in [4.78, 5) is 12.8. The van der Waals surface area contributed by atoms with Crippen LogP contribution in [0.1, 0.15) is 38.1 Å². The van der Waals surface area contributed by atoms with E-state index in [-0.39, 0.29) is 12.5 Å². The maximum absolute atomic E-state index is 11.5. The Morgan fingerprint density at radius 1 is 1.47 bits per heavy atom. The summed E-state index contributed by atoms with van der Waals surface area (Å²) in [5.74, 6) is -0.202. The number of nitrogens with one attached hydrogen (secondary N) is 1. The van der Waals surface area contributed by atoms with Crippen LogP contribution in [0.5, 0.6) is 0 Å². The van der Waals surface area contributed by atoms with E-state index in [2.05, 4.69) is 23.7 Å². The topological polar surface area (TPSA) is 38.3 Å². The molecule has 1 aromatic heterocycles. The monoisotopic (exact) mass is 255 g/mol. The first-order chi connectivity index (χ1) is 7.92. The third kappa shape index (κ3) is 5.33. The average Bonchev–Trinajstić information content (AvgIpc) is 2.62. The maximum atomic E-state index is 11.5. The number of carbonyl (C=O) groups is 1. The SMILES string of the molecule is CCc1ccsc1CNCC(=O)OC(C)(C)C. The number of esters is 1. The Morgan fingerprint density at radius 3 is 2.76 bits per heavy atom. The molecule has 17 heavy (non-hydrogen) atoms. The number of carbonyl (C=O) groups excluding carboxylic acids is 1. The van der Waals surface area contributed by atoms with Crippen LogP contribution in [-0.4, -0.2) is 18.1 Å². The van der Waals surface area contributed by atoms with Crippen molar-refractivity contribution < 1.29 is 9.53 Å². The van der Waals surface area contributed by atoms with Gasteiger partial charge in [-0.2, -0.15) is 0 Å². The summed E-state index contributed by atoms with van der Waals surface area (Å²) in [6.45, 7) is 8.76. The molecule has 4 heteroatoms. The van der Waals surface area contributed by atoms with Gasteiger partial charge in [0.1, 0.15) is 5.60 Å². The Morgan fingerprint density at radius 2 is 2.18 bits per heavy atom. The lowest BCUT2D eigenvalue weighted by Crippen LogP contribution is -2.31. The third-order valence-electron chi connectivity index (χ3n) is 2.19. The lowest BCUT2D eigenvalue weighted by molar-refractivity contribution is -0.153. The Labute approximate surface area is 107 Å². The molecule has 1 N–H and O–H groups in total. The highest BCUT2D eigenvalue weighted by atomic mass is 32.1. The van der Waals surface area contributed by atoms with Gasteiger partial charge < -0.3 is 10.1 Å². The van der Waals surface area contributed by atoms with E-state index in [4.69, 9.17) is 4.74 Å². The largest absolute Gasteiger partial charge is 0.459 e. The van der Waals surface area contributed by atoms with Crippen molar-refractivity contribution >= 4 is 17.3 Å². The van der Waals surface area contributed by atoms with E-state index in [9.17, 15) is 4.79 Å². The number of ether oxygens (including phenoxy) is 1. The van der Waals surface area contributed by atoms with Gasteiger partial charge in [0.2, 0.25) is 0 Å². The molecular formula is C13H21NO2S. The molecule has 3 nitrogen and oxygen atoms in total. The molecule has 0 unspecified atom stereocenters. The van der Waals surface area contributed by atoms with Gasteiger partial charge in [-0.3, -0.25) is 4.79 Å². The van der Waals surface area contributed by atoms with Crippen molar-refractivity contribution in [2.24, 2.45) is 0 Å². The number of aryl methyl sites for hydroxylation is 1. The Bertz CT molecular complexity index is 366. The first-order valence-corrected chi connectivity index (χ1v) is 6.78. The third-order valence-corrected chi connectivity index (χ3v) is 3.16. The summed E-state index contributed by atoms with van der Waals surface area (Å²) in [5.41, 5.74) is 0.947. The van der Waals surface area contributed by atoms with Gasteiger partial charge in [-0.05, 0) is 44.2 Å². The van der Waals surface area contributed by atoms with Crippen molar-refractivity contribution in [2.75, 3.05) is 6.54 Å². The number of hydrogen-bond acceptors (Lipinski definition) is 4. The number of thiophene rings is 1. The van der Waals surface area contributed by atoms with Crippen LogP contribution in [0.15, 0.2) is 11.4 Å². The van der Waals surface area contributed by atoms with Gasteiger partial charge >= 0.3 is 5.97 Å². The zero-order valence-electron chi connectivity index (χ0n) is 11.0. The lowest BCUT2D eigenvalue weighted by atomic mass is 10.2. The van der Waals surface area contributed by atoms with Crippen LogP contribution in [0.3, 0.4) is 0 Å². The van der Waals surface area contributed by atoms with E-state index in [1.807, 2.05) is 20.8 Å². The molecule has 0 aromatic carbocycles. The first-order valence-electron chi connectivity index (χ1n) is 5.90. The van der Waals surface area contributed by atoms with Crippen LogP contribution >= 0.6 is 11.3 Å². The molecule has 0 saturated carbocycles. The van der Waals surface area contributed by atoms with Crippen LogP contribution in [0, 0.1) is 0 Å². The minimum absolute atomic E-state index is 0.202. The molecule has 0 atom stereocenters. The summed E-state index contributed by atoms with van der Waals surface area (Å²) >= 11 is 1.72. The first kappa shape index (κ1) is 14.2. The zero-order chi connectivity index (χ0) is 12.9. The molecular weight excluding hydrogens is 234 g/mol. The molecule has 0 spiro atoms. The van der Waals surface area contributed by atoms with Crippen LogP contribution < -0.4 is 5.32 Å². The summed E-state index contributed by atoms with van der Waals surface area (Å²) < 4.78 is 5.22. The van der Waals surface area contributed by atoms with Gasteiger partial charge in [0.15, 0.2) is 0 Å². The van der Waals surface area contributed by atoms with E-state index in [1.165, 1.54) is 10.4 Å². The summed E-state index contributed by atoms with van der Waals surface area (Å²) in [7, 11) is 0. The van der Waals surface area contributed by atoms with E-state index >= 15 is 0 Å². The predicted octanol–water partition coefficient (Wildman–Crippen LogP) is 2.74. The Hall–Kier alpha value is -0.870. The quantitative estimate of drug-likeness (QED) is 0.822. The van der Waals surface area contributed by atoms with E-state index < -0.39 is 5.60 Å². The van der Waals surface area contributed by atoms with E-state index in [0.29, 0.717) is 0 Å². The fourth-order valence-corrected chi connectivity index (χ4v) is 2.44. The summed E-state index contributed by atoms with van der Waals surface area (Å²) in [6, 6.07) is 2.13. The average molecular weight is 255 g/mol. The Balaban J connectivity index is 2.31. The molecule has 0 aliphatic heterocycles. The minimum Gasteiger partial charge on any atom is -0.459 e. The highest BCUT2D eigenvalue weighted by Gasteiger charge is 2.15. The lowest BCUT2D eigenvalue weighted by Gasteiger charge is -2.19. The second-order valence-corrected chi connectivity index (χ2v) is 5.91. The van der Waals surface area contributed by atoms with Crippen molar-refractivity contribution in [2.45, 2.75) is 46.3 Å². The van der Waals surface area contributed by atoms with Crippen LogP contribution in [-0.2, 0) is 22.5 Å². The zero-order valence-corrected chi connectivity index (χ0v) is 11.8. The molecule has 0 fully saturated rings. The summed E-state index contributed by atoms with van der Waals surface area (Å²) in [5, 5.41) is 5.21. The molecule has 0 radical (unpaired) electrons. The second-order valence-electron chi connectivity index (χ2n) is 4.91. The highest BCUT2D eigenvalue weighted by molar-refractivity contribution is 7.10. The van der Waals surface area contributed by atoms with Crippen LogP contribution in [0.2, 0.25) is 0 Å². The molecule has 96 valence electrons. The van der Waals surface area contributed by atoms with Crippen LogP contribution in [0.4, 0.5) is 0 Å². The molecule has 0 aliphatic rings. The maximum Gasteiger partial charge on any atom is 0.320 e. The van der Waals surface area contributed by atoms with Gasteiger partial charge in [-0.15, -0.1) is 11.3 Å². The van der Waals surface area contributed by atoms with E-state index in [1.54, 1.807) is 11.3 Å². The normalized spacial score (nSPS) is 11.5. The molecule has 0 saturated heterocycles. The van der Waals surface area contributed by atoms with Crippen molar-refractivity contribution in [3.63, 3.8) is 0 Å². The van der Waals surface area contributed by atoms with Gasteiger partial charge in [-0.1, -0.05) is 6.92 Å². The standard InChI is InChI=1S/C13H21NO2S/c1-5-10-6-7-17-11(10)8-14-9-12(15)16-13(2,3)4/h6-7,14H,5,8-9H2,1-4H3. The van der Waals surface area contributed by atoms with Crippen molar-refractivity contribution in [3.8, 4) is 0 Å². The van der Waals surface area contributed by atoms with Gasteiger partial charge in [0, 0.05) is 11.4 Å². The number of hydrogen-bond donors (Lipinski definition) is 1. The molecule has 1 heterocycles. The Kier molecular flexibility index (Phi) is 5.15. The number of rotatable bonds is 5. The second kappa shape index (κ2) is 6.17. The van der Waals surface area contributed by atoms with Crippen molar-refractivity contribution in [1.82, 2.24) is 5.32 Å². The summed E-state index contributed by atoms with van der Waals surface area (Å²) in [6.07, 6.45) is 1.03. The molecule has 0 bridgehead atoms. The fourth-order valence-electron chi connectivity index (χ4n) is 1.49. The van der Waals surface area contributed by atoms with E-state index in [0.717, 1.165) is 13.0 Å². The van der Waals surface area contributed by atoms with Gasteiger partial charge in [0.25, 0.3) is 0 Å². The van der Waals surface area contributed by atoms with Crippen molar-refractivity contribution in [3.05, 3.63) is 21.9 Å². The van der Waals surface area contributed by atoms with Crippen molar-refractivity contribution in [1.29, 1.82) is 0 Å². The fraction of sp³-hybridized carbons (Fsp3) is 0.615. The smallest absolute Gasteiger partial charge is 0.320 e. The van der Waals surface area contributed by atoms with Gasteiger partial charge in [0.05, 0.1) is 6.54 Å².